The van der Waals surface area contributed by atoms with Gasteiger partial charge >= 0.3 is 5.97 Å². The highest BCUT2D eigenvalue weighted by Gasteiger charge is 2.22. The van der Waals surface area contributed by atoms with E-state index < -0.39 is 12.1 Å². The number of carbonyl (C=O) groups excluding carboxylic acids is 1. The van der Waals surface area contributed by atoms with Gasteiger partial charge in [0.15, 0.2) is 18.4 Å². The van der Waals surface area contributed by atoms with E-state index >= 15 is 0 Å². The number of pyridine rings is 2. The molecule has 7 heteroatoms. The van der Waals surface area contributed by atoms with Crippen LogP contribution in [-0.4, -0.2) is 32.3 Å². The lowest BCUT2D eigenvalue weighted by Gasteiger charge is -2.18. The normalized spacial score (nSPS) is 12.0. The van der Waals surface area contributed by atoms with Crippen molar-refractivity contribution in [1.29, 1.82) is 0 Å². The van der Waals surface area contributed by atoms with Gasteiger partial charge in [0.2, 0.25) is 5.88 Å². The first-order valence-electron chi connectivity index (χ1n) is 9.62. The quantitative estimate of drug-likeness (QED) is 0.458. The van der Waals surface area contributed by atoms with Crippen LogP contribution in [0, 0.1) is 13.8 Å². The number of esters is 1. The third kappa shape index (κ3) is 4.00. The minimum atomic E-state index is -0.616. The second kappa shape index (κ2) is 8.32. The summed E-state index contributed by atoms with van der Waals surface area (Å²) in [6, 6.07) is 17.0. The molecule has 1 atom stereocenters. The van der Waals surface area contributed by atoms with E-state index in [2.05, 4.69) is 15.1 Å². The van der Waals surface area contributed by atoms with Gasteiger partial charge in [-0.25, -0.2) is 14.5 Å². The van der Waals surface area contributed by atoms with Gasteiger partial charge in [-0.2, -0.15) is 0 Å². The van der Waals surface area contributed by atoms with Gasteiger partial charge < -0.3 is 9.47 Å². The van der Waals surface area contributed by atoms with E-state index in [-0.39, 0.29) is 6.61 Å². The van der Waals surface area contributed by atoms with E-state index in [0.29, 0.717) is 17.2 Å². The van der Waals surface area contributed by atoms with Crippen molar-refractivity contribution in [1.82, 2.24) is 19.7 Å². The van der Waals surface area contributed by atoms with E-state index in [9.17, 15) is 4.79 Å². The number of carbonyl (C=O) groups is 1. The molecular formula is C23H22N4O3. The highest BCUT2D eigenvalue weighted by molar-refractivity contribution is 5.85. The Kier molecular flexibility index (Phi) is 5.43. The molecule has 0 amide bonds. The lowest BCUT2D eigenvalue weighted by Crippen LogP contribution is -2.19. The molecule has 0 bridgehead atoms. The molecule has 4 aromatic rings. The maximum atomic E-state index is 12.6. The maximum Gasteiger partial charge on any atom is 0.345 e. The van der Waals surface area contributed by atoms with Gasteiger partial charge in [0.05, 0.1) is 11.1 Å². The van der Waals surface area contributed by atoms with Crippen molar-refractivity contribution in [3.63, 3.8) is 0 Å². The summed E-state index contributed by atoms with van der Waals surface area (Å²) < 4.78 is 13.1. The minimum Gasteiger partial charge on any atom is -0.464 e. The number of hydrogen-bond acceptors (Lipinski definition) is 6. The number of benzene rings is 1. The highest BCUT2D eigenvalue weighted by Crippen LogP contribution is 2.28. The molecule has 1 aromatic carbocycles. The van der Waals surface area contributed by atoms with Crippen molar-refractivity contribution in [3.05, 3.63) is 83.3 Å². The fourth-order valence-electron chi connectivity index (χ4n) is 3.40. The molecule has 0 aliphatic carbocycles. The first-order chi connectivity index (χ1) is 14.5. The second-order valence-corrected chi connectivity index (χ2v) is 7.03. The Morgan fingerprint density at radius 3 is 2.60 bits per heavy atom. The number of ether oxygens (including phenoxy) is 2. The summed E-state index contributed by atoms with van der Waals surface area (Å²) in [5.41, 5.74) is 4.09. The Morgan fingerprint density at radius 1 is 1.10 bits per heavy atom. The molecule has 1 unspecified atom stereocenters. The van der Waals surface area contributed by atoms with Crippen molar-refractivity contribution in [3.8, 4) is 5.88 Å². The Hall–Kier alpha value is -3.74. The number of rotatable bonds is 6. The molecule has 0 saturated heterocycles. The van der Waals surface area contributed by atoms with E-state index in [1.807, 2.05) is 68.4 Å². The van der Waals surface area contributed by atoms with Crippen molar-refractivity contribution >= 4 is 17.0 Å². The molecule has 152 valence electrons. The van der Waals surface area contributed by atoms with Crippen molar-refractivity contribution in [2.75, 3.05) is 6.61 Å². The summed E-state index contributed by atoms with van der Waals surface area (Å²) in [6.45, 7) is 3.63. The van der Waals surface area contributed by atoms with E-state index in [1.54, 1.807) is 17.9 Å². The molecule has 30 heavy (non-hydrogen) atoms. The van der Waals surface area contributed by atoms with Gasteiger partial charge in [-0.3, -0.25) is 4.98 Å². The Morgan fingerprint density at radius 2 is 1.87 bits per heavy atom. The largest absolute Gasteiger partial charge is 0.464 e. The number of fused-ring (bicyclic) bond motifs is 1. The molecule has 0 aliphatic heterocycles. The van der Waals surface area contributed by atoms with Gasteiger partial charge in [-0.05, 0) is 43.2 Å². The first-order valence-corrected chi connectivity index (χ1v) is 9.62. The highest BCUT2D eigenvalue weighted by atomic mass is 16.6. The fourth-order valence-corrected chi connectivity index (χ4v) is 3.40. The Bertz CT molecular complexity index is 1130. The van der Waals surface area contributed by atoms with Crippen molar-refractivity contribution in [2.24, 2.45) is 7.05 Å². The van der Waals surface area contributed by atoms with Crippen LogP contribution in [0.15, 0.2) is 60.8 Å². The zero-order valence-corrected chi connectivity index (χ0v) is 17.1. The van der Waals surface area contributed by atoms with Crippen LogP contribution in [0.25, 0.3) is 11.0 Å². The van der Waals surface area contributed by atoms with Crippen LogP contribution in [0.3, 0.4) is 0 Å². The number of hydrogen-bond donors (Lipinski definition) is 0. The first kappa shape index (κ1) is 19.6. The molecule has 0 radical (unpaired) electrons. The molecule has 3 aromatic heterocycles. The summed E-state index contributed by atoms with van der Waals surface area (Å²) >= 11 is 0. The minimum absolute atomic E-state index is 0.268. The van der Waals surface area contributed by atoms with Crippen LogP contribution >= 0.6 is 0 Å². The van der Waals surface area contributed by atoms with Crippen molar-refractivity contribution < 1.29 is 14.3 Å². The van der Waals surface area contributed by atoms with Gasteiger partial charge in [0.25, 0.3) is 0 Å². The van der Waals surface area contributed by atoms with E-state index in [4.69, 9.17) is 9.47 Å². The Balaban J connectivity index is 1.53. The molecule has 0 fully saturated rings. The Labute approximate surface area is 174 Å². The van der Waals surface area contributed by atoms with E-state index in [1.165, 1.54) is 0 Å². The topological polar surface area (TPSA) is 79.1 Å². The zero-order valence-electron chi connectivity index (χ0n) is 17.1. The second-order valence-electron chi connectivity index (χ2n) is 7.03. The van der Waals surface area contributed by atoms with Crippen LogP contribution in [0.5, 0.6) is 5.88 Å². The summed E-state index contributed by atoms with van der Waals surface area (Å²) in [5.74, 6) is -0.144. The SMILES string of the molecule is Cc1cc(C)c2c(OCC(=O)OC(c3ccccc3)c3ccccn3)nn(C)c2n1. The smallest absolute Gasteiger partial charge is 0.345 e. The van der Waals surface area contributed by atoms with Crippen LogP contribution in [0.1, 0.15) is 28.6 Å². The molecule has 0 saturated carbocycles. The van der Waals surface area contributed by atoms with Crippen LogP contribution in [0.4, 0.5) is 0 Å². The van der Waals surface area contributed by atoms with Gasteiger partial charge in [-0.1, -0.05) is 36.4 Å². The van der Waals surface area contributed by atoms with Gasteiger partial charge in [0.1, 0.15) is 0 Å². The summed E-state index contributed by atoms with van der Waals surface area (Å²) in [4.78, 5) is 21.5. The summed E-state index contributed by atoms with van der Waals surface area (Å²) in [5, 5.41) is 5.16. The lowest BCUT2D eigenvalue weighted by molar-refractivity contribution is -0.150. The average Bonchev–Trinajstić information content (AvgIpc) is 3.07. The molecule has 0 N–H and O–H groups in total. The predicted octanol–water partition coefficient (Wildman–Crippen LogP) is 3.69. The van der Waals surface area contributed by atoms with Crippen LogP contribution in [-0.2, 0) is 16.6 Å². The third-order valence-corrected chi connectivity index (χ3v) is 4.72. The maximum absolute atomic E-state index is 12.6. The molecule has 0 aliphatic rings. The van der Waals surface area contributed by atoms with E-state index in [0.717, 1.165) is 22.2 Å². The molecule has 4 rings (SSSR count). The van der Waals surface area contributed by atoms with Gasteiger partial charge in [-0.15, -0.1) is 5.10 Å². The summed E-state index contributed by atoms with van der Waals surface area (Å²) in [6.07, 6.45) is 1.06. The number of aryl methyl sites for hydroxylation is 3. The van der Waals surface area contributed by atoms with Gasteiger partial charge in [0, 0.05) is 18.9 Å². The molecule has 3 heterocycles. The number of aromatic nitrogens is 4. The molecular weight excluding hydrogens is 380 g/mol. The lowest BCUT2D eigenvalue weighted by atomic mass is 10.1. The number of nitrogens with zero attached hydrogens (tertiary/aromatic N) is 4. The molecule has 7 nitrogen and oxygen atoms in total. The van der Waals surface area contributed by atoms with Crippen molar-refractivity contribution in [2.45, 2.75) is 20.0 Å². The zero-order chi connectivity index (χ0) is 21.1. The van der Waals surface area contributed by atoms with Crippen LogP contribution < -0.4 is 4.74 Å². The molecule has 0 spiro atoms. The fraction of sp³-hybridized carbons (Fsp3) is 0.217. The third-order valence-electron chi connectivity index (χ3n) is 4.72. The monoisotopic (exact) mass is 402 g/mol. The van der Waals surface area contributed by atoms with Crippen LogP contribution in [0.2, 0.25) is 0 Å². The average molecular weight is 402 g/mol. The standard InChI is InChI=1S/C23H22N4O3/c1-15-13-16(2)25-22-20(15)23(26-27(22)3)29-14-19(28)30-21(17-9-5-4-6-10-17)18-11-7-8-12-24-18/h4-13,21H,14H2,1-3H3. The summed E-state index contributed by atoms with van der Waals surface area (Å²) in [7, 11) is 1.80. The predicted molar refractivity (Wildman–Crippen MR) is 112 cm³/mol.